The van der Waals surface area contributed by atoms with Crippen molar-refractivity contribution in [3.8, 4) is 28.5 Å². The number of hydrogen-bond donors (Lipinski definition) is 1. The van der Waals surface area contributed by atoms with Crippen LogP contribution in [0.4, 0.5) is 0 Å². The van der Waals surface area contributed by atoms with Gasteiger partial charge in [-0.1, -0.05) is 50.6 Å². The fourth-order valence-corrected chi connectivity index (χ4v) is 4.63. The van der Waals surface area contributed by atoms with E-state index in [9.17, 15) is 4.79 Å². The van der Waals surface area contributed by atoms with E-state index in [4.69, 9.17) is 4.98 Å². The van der Waals surface area contributed by atoms with Crippen LogP contribution in [0.1, 0.15) is 43.5 Å². The smallest absolute Gasteiger partial charge is 0.334 e. The van der Waals surface area contributed by atoms with E-state index in [2.05, 4.69) is 40.5 Å². The van der Waals surface area contributed by atoms with Gasteiger partial charge in [0.15, 0.2) is 5.82 Å². The number of nitrogens with one attached hydrogen (secondary N) is 1. The molecule has 0 fully saturated rings. The molecule has 0 atom stereocenters. The van der Waals surface area contributed by atoms with Gasteiger partial charge in [-0.25, -0.2) is 9.89 Å². The summed E-state index contributed by atoms with van der Waals surface area (Å²) in [5.74, 6) is 1.53. The van der Waals surface area contributed by atoms with Gasteiger partial charge in [0, 0.05) is 42.5 Å². The minimum atomic E-state index is -0.0233. The Bertz CT molecular complexity index is 1510. The number of aromatic amines is 1. The van der Waals surface area contributed by atoms with E-state index in [-0.39, 0.29) is 5.69 Å². The Morgan fingerprint density at radius 2 is 1.86 bits per heavy atom. The van der Waals surface area contributed by atoms with E-state index in [1.165, 1.54) is 0 Å². The van der Waals surface area contributed by atoms with Crippen molar-refractivity contribution in [2.45, 2.75) is 46.1 Å². The van der Waals surface area contributed by atoms with Gasteiger partial charge in [0.05, 0.1) is 12.2 Å². The molecule has 0 bridgehead atoms. The van der Waals surface area contributed by atoms with E-state index in [1.54, 1.807) is 4.57 Å². The zero-order valence-electron chi connectivity index (χ0n) is 20.8. The Morgan fingerprint density at radius 1 is 1.03 bits per heavy atom. The van der Waals surface area contributed by atoms with Crippen LogP contribution in [0.2, 0.25) is 0 Å². The molecule has 0 aliphatic heterocycles. The lowest BCUT2D eigenvalue weighted by Gasteiger charge is -2.09. The summed E-state index contributed by atoms with van der Waals surface area (Å²) in [4.78, 5) is 18.3. The SMILES string of the molecule is CCCCc1cn(-c2c(CC)ccn2C)c(=O)n1Cc1ccc(-c2ccccc2-c2nnn[nH]2)nc1. The summed E-state index contributed by atoms with van der Waals surface area (Å²) in [6, 6.07) is 14.0. The molecule has 5 aromatic rings. The summed E-state index contributed by atoms with van der Waals surface area (Å²) in [7, 11) is 1.99. The number of tetrazole rings is 1. The zero-order chi connectivity index (χ0) is 25.1. The topological polar surface area (TPSA) is 99.2 Å². The van der Waals surface area contributed by atoms with Crippen LogP contribution in [0.25, 0.3) is 28.5 Å². The van der Waals surface area contributed by atoms with Gasteiger partial charge in [-0.05, 0) is 52.9 Å². The second-order valence-electron chi connectivity index (χ2n) is 8.94. The van der Waals surface area contributed by atoms with E-state index in [0.29, 0.717) is 12.4 Å². The van der Waals surface area contributed by atoms with Crippen molar-refractivity contribution in [1.29, 1.82) is 0 Å². The molecule has 9 heteroatoms. The number of pyridine rings is 1. The van der Waals surface area contributed by atoms with Gasteiger partial charge in [-0.15, -0.1) is 5.10 Å². The third kappa shape index (κ3) is 4.39. The van der Waals surface area contributed by atoms with Crippen molar-refractivity contribution in [2.24, 2.45) is 7.05 Å². The lowest BCUT2D eigenvalue weighted by atomic mass is 10.0. The van der Waals surface area contributed by atoms with Gasteiger partial charge in [-0.3, -0.25) is 14.1 Å². The summed E-state index contributed by atoms with van der Waals surface area (Å²) >= 11 is 0. The molecular formula is C27H30N8O. The van der Waals surface area contributed by atoms with Crippen LogP contribution in [0.15, 0.2) is 65.8 Å². The average Bonchev–Trinajstić information content (AvgIpc) is 3.64. The van der Waals surface area contributed by atoms with Crippen LogP contribution < -0.4 is 5.69 Å². The average molecular weight is 483 g/mol. The Balaban J connectivity index is 1.48. The molecular weight excluding hydrogens is 452 g/mol. The maximum absolute atomic E-state index is 13.6. The van der Waals surface area contributed by atoms with Crippen molar-refractivity contribution in [2.75, 3.05) is 0 Å². The normalized spacial score (nSPS) is 11.3. The molecule has 0 amide bonds. The number of H-pyrrole nitrogens is 1. The van der Waals surface area contributed by atoms with Crippen LogP contribution in [0, 0.1) is 0 Å². The third-order valence-electron chi connectivity index (χ3n) is 6.55. The van der Waals surface area contributed by atoms with Crippen molar-refractivity contribution in [3.63, 3.8) is 0 Å². The van der Waals surface area contributed by atoms with Crippen molar-refractivity contribution in [3.05, 3.63) is 88.4 Å². The molecule has 0 aliphatic carbocycles. The molecule has 4 heterocycles. The van der Waals surface area contributed by atoms with E-state index in [1.807, 2.05) is 71.2 Å². The number of aryl methyl sites for hydroxylation is 3. The highest BCUT2D eigenvalue weighted by molar-refractivity contribution is 5.78. The summed E-state index contributed by atoms with van der Waals surface area (Å²) < 4.78 is 5.70. The zero-order valence-corrected chi connectivity index (χ0v) is 20.8. The summed E-state index contributed by atoms with van der Waals surface area (Å²) in [6.07, 6.45) is 9.69. The molecule has 36 heavy (non-hydrogen) atoms. The number of aromatic nitrogens is 8. The maximum atomic E-state index is 13.6. The van der Waals surface area contributed by atoms with Gasteiger partial charge in [-0.2, -0.15) is 0 Å². The first-order valence-corrected chi connectivity index (χ1v) is 12.3. The lowest BCUT2D eigenvalue weighted by Crippen LogP contribution is -2.26. The highest BCUT2D eigenvalue weighted by atomic mass is 16.1. The molecule has 0 radical (unpaired) electrons. The molecule has 0 spiro atoms. The predicted octanol–water partition coefficient (Wildman–Crippen LogP) is 4.17. The number of hydrogen-bond acceptors (Lipinski definition) is 5. The quantitative estimate of drug-likeness (QED) is 0.340. The summed E-state index contributed by atoms with van der Waals surface area (Å²) in [5, 5.41) is 14.2. The van der Waals surface area contributed by atoms with Crippen LogP contribution in [0.5, 0.6) is 0 Å². The Hall–Kier alpha value is -4.27. The number of benzene rings is 1. The van der Waals surface area contributed by atoms with Crippen LogP contribution in [-0.2, 0) is 26.4 Å². The minimum absolute atomic E-state index is 0.0233. The molecule has 1 aromatic carbocycles. The molecule has 184 valence electrons. The highest BCUT2D eigenvalue weighted by Crippen LogP contribution is 2.28. The van der Waals surface area contributed by atoms with E-state index < -0.39 is 0 Å². The standard InChI is InChI=1S/C27H30N8O/c1-4-6-9-21-18-35(26-20(5-2)14-15-33(26)3)27(36)34(21)17-19-12-13-24(28-16-19)22-10-7-8-11-23(22)25-29-31-32-30-25/h7-8,10-16,18H,4-6,9,17H2,1-3H3,(H,29,30,31,32). The number of unbranched alkanes of at least 4 members (excludes halogenated alkanes) is 1. The van der Waals surface area contributed by atoms with Gasteiger partial charge in [0.1, 0.15) is 5.82 Å². The number of nitrogens with zero attached hydrogens (tertiary/aromatic N) is 7. The predicted molar refractivity (Wildman–Crippen MR) is 139 cm³/mol. The van der Waals surface area contributed by atoms with Gasteiger partial charge >= 0.3 is 5.69 Å². The number of imidazole rings is 1. The van der Waals surface area contributed by atoms with Gasteiger partial charge in [0.2, 0.25) is 0 Å². The maximum Gasteiger partial charge on any atom is 0.334 e. The molecule has 0 aliphatic rings. The number of rotatable bonds is 9. The van der Waals surface area contributed by atoms with Crippen molar-refractivity contribution >= 4 is 0 Å². The largest absolute Gasteiger partial charge is 0.337 e. The van der Waals surface area contributed by atoms with Crippen molar-refractivity contribution < 1.29 is 0 Å². The Morgan fingerprint density at radius 3 is 2.56 bits per heavy atom. The fraction of sp³-hybridized carbons (Fsp3) is 0.296. The molecule has 5 rings (SSSR count). The molecule has 4 aromatic heterocycles. The summed E-state index contributed by atoms with van der Waals surface area (Å²) in [6.45, 7) is 4.75. The van der Waals surface area contributed by atoms with Gasteiger partial charge in [0.25, 0.3) is 0 Å². The molecule has 0 unspecified atom stereocenters. The van der Waals surface area contributed by atoms with E-state index >= 15 is 0 Å². The first kappa shape index (κ1) is 23.5. The first-order chi connectivity index (χ1) is 17.6. The van der Waals surface area contributed by atoms with Crippen LogP contribution >= 0.6 is 0 Å². The lowest BCUT2D eigenvalue weighted by molar-refractivity contribution is 0.669. The first-order valence-electron chi connectivity index (χ1n) is 12.3. The highest BCUT2D eigenvalue weighted by Gasteiger charge is 2.17. The second-order valence-corrected chi connectivity index (χ2v) is 8.94. The molecule has 9 nitrogen and oxygen atoms in total. The summed E-state index contributed by atoms with van der Waals surface area (Å²) in [5.41, 5.74) is 5.78. The molecule has 0 saturated carbocycles. The van der Waals surface area contributed by atoms with E-state index in [0.717, 1.165) is 65.1 Å². The van der Waals surface area contributed by atoms with Crippen LogP contribution in [0.3, 0.4) is 0 Å². The Labute approximate surface area is 209 Å². The second kappa shape index (κ2) is 10.2. The van der Waals surface area contributed by atoms with Crippen LogP contribution in [-0.4, -0.2) is 39.3 Å². The molecule has 0 saturated heterocycles. The monoisotopic (exact) mass is 482 g/mol. The minimum Gasteiger partial charge on any atom is -0.337 e. The van der Waals surface area contributed by atoms with Gasteiger partial charge < -0.3 is 4.57 Å². The Kier molecular flexibility index (Phi) is 6.62. The third-order valence-corrected chi connectivity index (χ3v) is 6.55. The fourth-order valence-electron chi connectivity index (χ4n) is 4.63. The molecule has 1 N–H and O–H groups in total. The van der Waals surface area contributed by atoms with Crippen molar-refractivity contribution in [1.82, 2.24) is 39.3 Å².